The van der Waals surface area contributed by atoms with Crippen LogP contribution in [-0.2, 0) is 11.2 Å². The third-order valence-corrected chi connectivity index (χ3v) is 4.37. The van der Waals surface area contributed by atoms with Crippen molar-refractivity contribution < 1.29 is 18.6 Å². The highest BCUT2D eigenvalue weighted by molar-refractivity contribution is 5.79. The first-order valence-electron chi connectivity index (χ1n) is 8.73. The van der Waals surface area contributed by atoms with E-state index in [0.29, 0.717) is 57.2 Å². The minimum Gasteiger partial charge on any atom is -0.396 e. The molecule has 1 aliphatic heterocycles. The zero-order chi connectivity index (χ0) is 18.1. The van der Waals surface area contributed by atoms with Gasteiger partial charge in [0.2, 0.25) is 0 Å². The molecule has 0 saturated carbocycles. The summed E-state index contributed by atoms with van der Waals surface area (Å²) in [6, 6.07) is 3.54. The van der Waals surface area contributed by atoms with Crippen LogP contribution >= 0.6 is 0 Å². The molecule has 1 fully saturated rings. The fourth-order valence-electron chi connectivity index (χ4n) is 2.96. The molecule has 1 aliphatic rings. The molecule has 0 aromatic heterocycles. The second kappa shape index (κ2) is 9.68. The van der Waals surface area contributed by atoms with Crippen LogP contribution in [0.25, 0.3) is 0 Å². The highest BCUT2D eigenvalue weighted by atomic mass is 19.1. The van der Waals surface area contributed by atoms with Crippen LogP contribution in [0.15, 0.2) is 23.2 Å². The summed E-state index contributed by atoms with van der Waals surface area (Å²) in [5, 5.41) is 15.6. The van der Waals surface area contributed by atoms with Crippen molar-refractivity contribution in [2.24, 2.45) is 10.4 Å². The van der Waals surface area contributed by atoms with Crippen molar-refractivity contribution in [3.63, 3.8) is 0 Å². The Bertz CT molecular complexity index is 555. The number of aliphatic imine (C=N–C) groups is 1. The van der Waals surface area contributed by atoms with Gasteiger partial charge in [0.15, 0.2) is 5.96 Å². The van der Waals surface area contributed by atoms with E-state index in [1.165, 1.54) is 12.1 Å². The number of hydrogen-bond acceptors (Lipinski definition) is 3. The van der Waals surface area contributed by atoms with Gasteiger partial charge in [0.05, 0.1) is 13.2 Å². The number of benzene rings is 1. The molecule has 1 heterocycles. The van der Waals surface area contributed by atoms with Gasteiger partial charge in [0.25, 0.3) is 0 Å². The number of nitrogens with one attached hydrogen (secondary N) is 2. The molecular formula is C18H27F2N3O2. The smallest absolute Gasteiger partial charge is 0.191 e. The number of ether oxygens (including phenoxy) is 1. The Morgan fingerprint density at radius 2 is 2.04 bits per heavy atom. The lowest BCUT2D eigenvalue weighted by Crippen LogP contribution is -2.39. The monoisotopic (exact) mass is 355 g/mol. The van der Waals surface area contributed by atoms with Gasteiger partial charge in [-0.25, -0.2) is 8.78 Å². The predicted octanol–water partition coefficient (Wildman–Crippen LogP) is 1.85. The van der Waals surface area contributed by atoms with Crippen molar-refractivity contribution >= 4 is 5.96 Å². The molecule has 3 N–H and O–H groups in total. The fourth-order valence-corrected chi connectivity index (χ4v) is 2.96. The largest absolute Gasteiger partial charge is 0.396 e. The van der Waals surface area contributed by atoms with E-state index in [1.807, 2.05) is 6.92 Å². The van der Waals surface area contributed by atoms with Crippen molar-refractivity contribution in [3.8, 4) is 0 Å². The minimum atomic E-state index is -0.567. The molecule has 0 spiro atoms. The zero-order valence-electron chi connectivity index (χ0n) is 14.7. The van der Waals surface area contributed by atoms with Crippen LogP contribution in [0, 0.1) is 17.0 Å². The standard InChI is InChI=1S/C18H27F2N3O2/c1-2-21-17(23-12-18(4-7-24)5-8-25-13-18)22-6-3-14-9-15(19)11-16(20)10-14/h9-11,24H,2-8,12-13H2,1H3,(H2,21,22,23). The maximum absolute atomic E-state index is 13.2. The fraction of sp³-hybridized carbons (Fsp3) is 0.611. The molecule has 5 nitrogen and oxygen atoms in total. The van der Waals surface area contributed by atoms with E-state index in [0.717, 1.165) is 12.5 Å². The third kappa shape index (κ3) is 6.25. The van der Waals surface area contributed by atoms with Crippen molar-refractivity contribution in [2.75, 3.05) is 39.5 Å². The lowest BCUT2D eigenvalue weighted by Gasteiger charge is -2.24. The summed E-state index contributed by atoms with van der Waals surface area (Å²) < 4.78 is 31.9. The normalized spacial score (nSPS) is 20.7. The third-order valence-electron chi connectivity index (χ3n) is 4.37. The van der Waals surface area contributed by atoms with Crippen LogP contribution in [0.1, 0.15) is 25.3 Å². The average Bonchev–Trinajstić information content (AvgIpc) is 3.01. The van der Waals surface area contributed by atoms with Gasteiger partial charge in [-0.3, -0.25) is 4.99 Å². The molecule has 1 atom stereocenters. The quantitative estimate of drug-likeness (QED) is 0.492. The Morgan fingerprint density at radius 1 is 1.28 bits per heavy atom. The van der Waals surface area contributed by atoms with E-state index in [1.54, 1.807) is 0 Å². The van der Waals surface area contributed by atoms with Gasteiger partial charge in [0, 0.05) is 37.8 Å². The van der Waals surface area contributed by atoms with E-state index < -0.39 is 11.6 Å². The molecular weight excluding hydrogens is 328 g/mol. The van der Waals surface area contributed by atoms with E-state index in [-0.39, 0.29) is 12.0 Å². The summed E-state index contributed by atoms with van der Waals surface area (Å²) in [6.45, 7) is 5.19. The number of nitrogens with zero attached hydrogens (tertiary/aromatic N) is 1. The number of aliphatic hydroxyl groups excluding tert-OH is 1. The molecule has 2 rings (SSSR count). The second-order valence-electron chi connectivity index (χ2n) is 6.43. The SMILES string of the molecule is CCNC(=NCC1(CCO)CCOC1)NCCc1cc(F)cc(F)c1. The van der Waals surface area contributed by atoms with Gasteiger partial charge in [-0.2, -0.15) is 0 Å². The van der Waals surface area contributed by atoms with Crippen LogP contribution in [0.2, 0.25) is 0 Å². The van der Waals surface area contributed by atoms with E-state index in [2.05, 4.69) is 15.6 Å². The van der Waals surface area contributed by atoms with Gasteiger partial charge < -0.3 is 20.5 Å². The Kier molecular flexibility index (Phi) is 7.58. The first-order valence-corrected chi connectivity index (χ1v) is 8.73. The van der Waals surface area contributed by atoms with Crippen LogP contribution < -0.4 is 10.6 Å². The topological polar surface area (TPSA) is 65.9 Å². The Hall–Kier alpha value is -1.73. The highest BCUT2D eigenvalue weighted by Crippen LogP contribution is 2.32. The van der Waals surface area contributed by atoms with Gasteiger partial charge in [-0.05, 0) is 43.9 Å². The first-order chi connectivity index (χ1) is 12.1. The van der Waals surface area contributed by atoms with Crippen molar-refractivity contribution in [1.29, 1.82) is 0 Å². The van der Waals surface area contributed by atoms with Crippen LogP contribution in [-0.4, -0.2) is 50.5 Å². The molecule has 0 radical (unpaired) electrons. The van der Waals surface area contributed by atoms with Crippen molar-refractivity contribution in [3.05, 3.63) is 35.4 Å². The van der Waals surface area contributed by atoms with Crippen LogP contribution in [0.4, 0.5) is 8.78 Å². The number of halogens is 2. The number of guanidine groups is 1. The molecule has 25 heavy (non-hydrogen) atoms. The van der Waals surface area contributed by atoms with Crippen molar-refractivity contribution in [1.82, 2.24) is 10.6 Å². The number of hydrogen-bond donors (Lipinski definition) is 3. The van der Waals surface area contributed by atoms with E-state index >= 15 is 0 Å². The van der Waals surface area contributed by atoms with Crippen LogP contribution in [0.5, 0.6) is 0 Å². The Morgan fingerprint density at radius 3 is 2.64 bits per heavy atom. The summed E-state index contributed by atoms with van der Waals surface area (Å²) in [4.78, 5) is 4.61. The van der Waals surface area contributed by atoms with Crippen LogP contribution in [0.3, 0.4) is 0 Å². The van der Waals surface area contributed by atoms with E-state index in [9.17, 15) is 13.9 Å². The zero-order valence-corrected chi connectivity index (χ0v) is 14.7. The molecule has 1 aromatic carbocycles. The molecule has 140 valence electrons. The first kappa shape index (κ1) is 19.6. The maximum atomic E-state index is 13.2. The van der Waals surface area contributed by atoms with Gasteiger partial charge in [0.1, 0.15) is 11.6 Å². The predicted molar refractivity (Wildman–Crippen MR) is 93.6 cm³/mol. The molecule has 1 aromatic rings. The summed E-state index contributed by atoms with van der Waals surface area (Å²) in [5.74, 6) is -0.478. The summed E-state index contributed by atoms with van der Waals surface area (Å²) in [7, 11) is 0. The Labute approximate surface area is 147 Å². The second-order valence-corrected chi connectivity index (χ2v) is 6.43. The molecule has 1 saturated heterocycles. The average molecular weight is 355 g/mol. The van der Waals surface area contributed by atoms with Gasteiger partial charge in [-0.1, -0.05) is 0 Å². The van der Waals surface area contributed by atoms with Gasteiger partial charge in [-0.15, -0.1) is 0 Å². The summed E-state index contributed by atoms with van der Waals surface area (Å²) in [5.41, 5.74) is 0.491. The summed E-state index contributed by atoms with van der Waals surface area (Å²) in [6.07, 6.45) is 2.04. The number of rotatable bonds is 8. The Balaban J connectivity index is 1.90. The molecule has 0 bridgehead atoms. The lowest BCUT2D eigenvalue weighted by molar-refractivity contribution is 0.131. The van der Waals surface area contributed by atoms with Crippen molar-refractivity contribution in [2.45, 2.75) is 26.2 Å². The number of aliphatic hydroxyl groups is 1. The van der Waals surface area contributed by atoms with E-state index in [4.69, 9.17) is 4.74 Å². The molecule has 7 heteroatoms. The lowest BCUT2D eigenvalue weighted by atomic mass is 9.84. The molecule has 0 aliphatic carbocycles. The highest BCUT2D eigenvalue weighted by Gasteiger charge is 2.34. The minimum absolute atomic E-state index is 0.108. The maximum Gasteiger partial charge on any atom is 0.191 e. The summed E-state index contributed by atoms with van der Waals surface area (Å²) >= 11 is 0. The van der Waals surface area contributed by atoms with Gasteiger partial charge >= 0.3 is 0 Å². The molecule has 0 amide bonds. The molecule has 1 unspecified atom stereocenters.